The Balaban J connectivity index is 1.04. The zero-order chi connectivity index (χ0) is 40.7. The maximum absolute atomic E-state index is 12.9. The zero-order valence-electron chi connectivity index (χ0n) is 34.1. The van der Waals surface area contributed by atoms with Crippen molar-refractivity contribution in [1.29, 1.82) is 0 Å². The lowest BCUT2D eigenvalue weighted by atomic mass is 9.65. The summed E-state index contributed by atoms with van der Waals surface area (Å²) in [5.74, 6) is 2.01. The first-order chi connectivity index (χ1) is 29.4. The average Bonchev–Trinajstić information content (AvgIpc) is 3.31. The molecule has 292 valence electrons. The Morgan fingerprint density at radius 1 is 0.383 bits per heavy atom. The van der Waals surface area contributed by atoms with Gasteiger partial charge in [-0.05, 0) is 81.1 Å². The molecule has 0 amide bonds. The van der Waals surface area contributed by atoms with Crippen LogP contribution in [0.4, 0.5) is 0 Å². The largest absolute Gasteiger partial charge is 0.319 e. The molecule has 60 heavy (non-hydrogen) atoms. The predicted molar refractivity (Wildman–Crippen MR) is 251 cm³/mol. The molecule has 0 bridgehead atoms. The van der Waals surface area contributed by atoms with Crippen molar-refractivity contribution in [2.75, 3.05) is 13.3 Å². The van der Waals surface area contributed by atoms with E-state index in [-0.39, 0.29) is 5.41 Å². The van der Waals surface area contributed by atoms with E-state index >= 15 is 0 Å². The van der Waals surface area contributed by atoms with E-state index in [2.05, 4.69) is 109 Å². The fourth-order valence-corrected chi connectivity index (χ4v) is 10.3. The SMILES string of the molecule is CP(C)(=O)c1ccc(-c2c3ccccc3c(-c3ccc(C4(c5ccc(-c6nc(-c7ccccc7)nc(-c7ccccc7)n6)cc5)CCCCC4)cc3)c3ccccc23)cc1. The molecular formula is C55H46N3OP. The van der Waals surface area contributed by atoms with Gasteiger partial charge in [-0.25, -0.2) is 15.0 Å². The van der Waals surface area contributed by atoms with Gasteiger partial charge in [-0.3, -0.25) is 0 Å². The van der Waals surface area contributed by atoms with Crippen molar-refractivity contribution in [1.82, 2.24) is 15.0 Å². The number of aromatic nitrogens is 3. The highest BCUT2D eigenvalue weighted by Crippen LogP contribution is 2.48. The Bertz CT molecular complexity index is 2910. The molecule has 9 aromatic rings. The Morgan fingerprint density at radius 2 is 0.717 bits per heavy atom. The average molecular weight is 796 g/mol. The number of rotatable bonds is 8. The number of fused-ring (bicyclic) bond motifs is 2. The second-order valence-corrected chi connectivity index (χ2v) is 19.8. The Kier molecular flexibility index (Phi) is 9.82. The first kappa shape index (κ1) is 37.8. The van der Waals surface area contributed by atoms with Crippen molar-refractivity contribution in [2.24, 2.45) is 0 Å². The molecular weight excluding hydrogens is 750 g/mol. The standard InChI is InChI=1S/C55H46N3OP/c1-60(2,59)45-34-28-39(29-35-45)51-48-22-12-10-20-46(48)50(47-21-11-13-23-49(47)51)38-24-30-43(31-25-38)55(36-14-5-15-37-55)44-32-26-42(27-33-44)54-57-52(40-16-6-3-7-17-40)56-53(58-54)41-18-8-4-9-19-41/h3-4,6-13,16-35H,5,14-15,36-37H2,1-2H3. The van der Waals surface area contributed by atoms with Crippen molar-refractivity contribution in [3.8, 4) is 56.4 Å². The normalized spacial score (nSPS) is 14.0. The molecule has 5 heteroatoms. The fourth-order valence-electron chi connectivity index (χ4n) is 9.47. The molecule has 1 fully saturated rings. The quantitative estimate of drug-likeness (QED) is 0.114. The van der Waals surface area contributed by atoms with Gasteiger partial charge in [0, 0.05) is 27.4 Å². The number of hydrogen-bond acceptors (Lipinski definition) is 4. The molecule has 0 unspecified atom stereocenters. The van der Waals surface area contributed by atoms with E-state index in [4.69, 9.17) is 15.0 Å². The molecule has 4 nitrogen and oxygen atoms in total. The molecule has 10 rings (SSSR count). The number of nitrogens with zero attached hydrogens (tertiary/aromatic N) is 3. The minimum atomic E-state index is -2.36. The van der Waals surface area contributed by atoms with Gasteiger partial charge in [0.05, 0.1) is 0 Å². The van der Waals surface area contributed by atoms with Gasteiger partial charge in [0.25, 0.3) is 0 Å². The van der Waals surface area contributed by atoms with Crippen LogP contribution in [0.1, 0.15) is 43.2 Å². The lowest BCUT2D eigenvalue weighted by molar-refractivity contribution is 0.346. The number of benzene rings is 8. The molecule has 0 spiro atoms. The van der Waals surface area contributed by atoms with Gasteiger partial charge in [0.1, 0.15) is 7.14 Å². The second-order valence-electron chi connectivity index (χ2n) is 16.6. The molecule has 1 saturated carbocycles. The summed E-state index contributed by atoms with van der Waals surface area (Å²) in [6.07, 6.45) is 5.88. The van der Waals surface area contributed by atoms with E-state index in [9.17, 15) is 4.57 Å². The van der Waals surface area contributed by atoms with E-state index < -0.39 is 7.14 Å². The molecule has 0 radical (unpaired) electrons. The van der Waals surface area contributed by atoms with Crippen LogP contribution < -0.4 is 5.30 Å². The third-order valence-corrected chi connectivity index (χ3v) is 14.1. The molecule has 1 heterocycles. The minimum absolute atomic E-state index is 0.0834. The van der Waals surface area contributed by atoms with E-state index in [0.29, 0.717) is 17.5 Å². The van der Waals surface area contributed by atoms with Crippen LogP contribution in [0.2, 0.25) is 0 Å². The molecule has 1 aliphatic rings. The van der Waals surface area contributed by atoms with Crippen LogP contribution in [0.25, 0.3) is 78.0 Å². The predicted octanol–water partition coefficient (Wildman–Crippen LogP) is 14.0. The molecule has 1 aliphatic carbocycles. The van der Waals surface area contributed by atoms with Crippen molar-refractivity contribution in [3.05, 3.63) is 193 Å². The van der Waals surface area contributed by atoms with Gasteiger partial charge >= 0.3 is 0 Å². The second kappa shape index (κ2) is 15.6. The van der Waals surface area contributed by atoms with E-state index in [1.54, 1.807) is 0 Å². The smallest absolute Gasteiger partial charge is 0.164 e. The maximum atomic E-state index is 12.9. The summed E-state index contributed by atoms with van der Waals surface area (Å²) in [6, 6.07) is 64.8. The molecule has 0 N–H and O–H groups in total. The summed E-state index contributed by atoms with van der Waals surface area (Å²) in [5.41, 5.74) is 10.3. The van der Waals surface area contributed by atoms with Gasteiger partial charge in [0.15, 0.2) is 17.5 Å². The highest BCUT2D eigenvalue weighted by atomic mass is 31.2. The first-order valence-electron chi connectivity index (χ1n) is 21.0. The summed E-state index contributed by atoms with van der Waals surface area (Å²) in [7, 11) is -2.36. The van der Waals surface area contributed by atoms with E-state index in [0.717, 1.165) is 40.4 Å². The lowest BCUT2D eigenvalue weighted by Gasteiger charge is -2.39. The molecule has 1 aromatic heterocycles. The summed E-state index contributed by atoms with van der Waals surface area (Å²) in [5, 5.41) is 5.79. The third kappa shape index (κ3) is 6.95. The molecule has 0 saturated heterocycles. The van der Waals surface area contributed by atoms with Crippen LogP contribution >= 0.6 is 7.14 Å². The first-order valence-corrected chi connectivity index (χ1v) is 23.6. The summed E-state index contributed by atoms with van der Waals surface area (Å²) < 4.78 is 12.9. The van der Waals surface area contributed by atoms with Crippen LogP contribution in [0.15, 0.2) is 182 Å². The Hall–Kier alpha value is -6.48. The van der Waals surface area contributed by atoms with Crippen molar-refractivity contribution in [2.45, 2.75) is 37.5 Å². The van der Waals surface area contributed by atoms with Gasteiger partial charge < -0.3 is 4.57 Å². The van der Waals surface area contributed by atoms with Gasteiger partial charge in [-0.1, -0.05) is 201 Å². The maximum Gasteiger partial charge on any atom is 0.164 e. The van der Waals surface area contributed by atoms with Crippen LogP contribution in [-0.2, 0) is 9.98 Å². The van der Waals surface area contributed by atoms with Crippen LogP contribution in [0, 0.1) is 0 Å². The Morgan fingerprint density at radius 3 is 1.10 bits per heavy atom. The van der Waals surface area contributed by atoms with Crippen LogP contribution in [0.3, 0.4) is 0 Å². The summed E-state index contributed by atoms with van der Waals surface area (Å²) in [4.78, 5) is 14.9. The Labute approximate surface area is 352 Å². The molecule has 0 atom stereocenters. The highest BCUT2D eigenvalue weighted by Gasteiger charge is 2.36. The van der Waals surface area contributed by atoms with Crippen molar-refractivity contribution >= 4 is 34.0 Å². The monoisotopic (exact) mass is 795 g/mol. The van der Waals surface area contributed by atoms with Crippen molar-refractivity contribution < 1.29 is 4.57 Å². The number of hydrogen-bond donors (Lipinski definition) is 0. The zero-order valence-corrected chi connectivity index (χ0v) is 34.9. The molecule has 0 aliphatic heterocycles. The van der Waals surface area contributed by atoms with Crippen LogP contribution in [0.5, 0.6) is 0 Å². The van der Waals surface area contributed by atoms with Gasteiger partial charge in [0.2, 0.25) is 0 Å². The summed E-state index contributed by atoms with van der Waals surface area (Å²) >= 11 is 0. The van der Waals surface area contributed by atoms with E-state index in [1.807, 2.05) is 86.1 Å². The third-order valence-electron chi connectivity index (χ3n) is 12.5. The van der Waals surface area contributed by atoms with Gasteiger partial charge in [-0.2, -0.15) is 0 Å². The fraction of sp³-hybridized carbons (Fsp3) is 0.145. The van der Waals surface area contributed by atoms with E-state index in [1.165, 1.54) is 68.6 Å². The lowest BCUT2D eigenvalue weighted by Crippen LogP contribution is -2.30. The van der Waals surface area contributed by atoms with Crippen LogP contribution in [-0.4, -0.2) is 28.3 Å². The van der Waals surface area contributed by atoms with Gasteiger partial charge in [-0.15, -0.1) is 0 Å². The van der Waals surface area contributed by atoms with Crippen molar-refractivity contribution in [3.63, 3.8) is 0 Å². The summed E-state index contributed by atoms with van der Waals surface area (Å²) in [6.45, 7) is 3.67. The highest BCUT2D eigenvalue weighted by molar-refractivity contribution is 7.70. The topological polar surface area (TPSA) is 55.7 Å². The molecule has 8 aromatic carbocycles. The minimum Gasteiger partial charge on any atom is -0.319 e.